The molecule has 0 aromatic heterocycles. The second-order valence-corrected chi connectivity index (χ2v) is 4.79. The van der Waals surface area contributed by atoms with Crippen LogP contribution in [0, 0.1) is 11.8 Å². The molecule has 3 atom stereocenters. The minimum absolute atomic E-state index is 0. The van der Waals surface area contributed by atoms with Crippen molar-refractivity contribution < 1.29 is 14.3 Å². The maximum atomic E-state index is 11.6. The van der Waals surface area contributed by atoms with Gasteiger partial charge in [-0.15, -0.1) is 12.4 Å². The number of methoxy groups -OCH3 is 1. The topological polar surface area (TPSA) is 81.4 Å². The Labute approximate surface area is 114 Å². The summed E-state index contributed by atoms with van der Waals surface area (Å²) in [5.41, 5.74) is 5.90. The molecule has 1 fully saturated rings. The van der Waals surface area contributed by atoms with Crippen molar-refractivity contribution in [1.29, 1.82) is 0 Å². The Morgan fingerprint density at radius 1 is 1.44 bits per heavy atom. The molecule has 0 spiro atoms. The molecule has 0 aromatic carbocycles. The van der Waals surface area contributed by atoms with Crippen molar-refractivity contribution >= 4 is 24.3 Å². The van der Waals surface area contributed by atoms with Gasteiger partial charge in [-0.3, -0.25) is 9.59 Å². The molecule has 0 radical (unpaired) electrons. The zero-order valence-corrected chi connectivity index (χ0v) is 11.8. The van der Waals surface area contributed by atoms with E-state index in [1.165, 1.54) is 7.11 Å². The van der Waals surface area contributed by atoms with Crippen molar-refractivity contribution in [3.05, 3.63) is 0 Å². The predicted molar refractivity (Wildman–Crippen MR) is 71.4 cm³/mol. The van der Waals surface area contributed by atoms with Gasteiger partial charge in [-0.05, 0) is 18.8 Å². The van der Waals surface area contributed by atoms with Gasteiger partial charge < -0.3 is 15.8 Å². The second kappa shape index (κ2) is 8.32. The molecule has 0 bridgehead atoms. The van der Waals surface area contributed by atoms with E-state index >= 15 is 0 Å². The summed E-state index contributed by atoms with van der Waals surface area (Å²) in [4.78, 5) is 22.8. The molecule has 3 N–H and O–H groups in total. The second-order valence-electron chi connectivity index (χ2n) is 4.79. The third-order valence-corrected chi connectivity index (χ3v) is 3.37. The van der Waals surface area contributed by atoms with E-state index in [0.29, 0.717) is 18.9 Å². The number of esters is 1. The first-order valence-corrected chi connectivity index (χ1v) is 6.14. The normalized spacial score (nSPS) is 23.9. The van der Waals surface area contributed by atoms with E-state index < -0.39 is 0 Å². The van der Waals surface area contributed by atoms with Crippen LogP contribution >= 0.6 is 12.4 Å². The van der Waals surface area contributed by atoms with Gasteiger partial charge in [0.15, 0.2) is 0 Å². The number of hydrogen-bond donors (Lipinski definition) is 2. The van der Waals surface area contributed by atoms with Crippen LogP contribution in [0.25, 0.3) is 0 Å². The number of rotatable bonds is 5. The monoisotopic (exact) mass is 278 g/mol. The molecule has 1 aliphatic rings. The summed E-state index contributed by atoms with van der Waals surface area (Å²) in [6, 6.07) is 0.152. The number of ether oxygens (including phenoxy) is 1. The van der Waals surface area contributed by atoms with Gasteiger partial charge in [0.2, 0.25) is 5.91 Å². The highest BCUT2D eigenvalue weighted by atomic mass is 35.5. The summed E-state index contributed by atoms with van der Waals surface area (Å²) in [6.07, 6.45) is 3.62. The fourth-order valence-corrected chi connectivity index (χ4v) is 2.18. The number of hydrogen-bond acceptors (Lipinski definition) is 4. The average molecular weight is 279 g/mol. The lowest BCUT2D eigenvalue weighted by Gasteiger charge is -2.15. The highest BCUT2D eigenvalue weighted by Crippen LogP contribution is 2.26. The SMILES string of the molecule is COC(=O)C(C)CNC(=O)C[C@@H]1CCC[C@H]1N.Cl. The minimum Gasteiger partial charge on any atom is -0.469 e. The van der Waals surface area contributed by atoms with Gasteiger partial charge >= 0.3 is 5.97 Å². The Bertz CT molecular complexity index is 286. The molecule has 106 valence electrons. The summed E-state index contributed by atoms with van der Waals surface area (Å²) >= 11 is 0. The minimum atomic E-state index is -0.304. The molecule has 1 saturated carbocycles. The van der Waals surface area contributed by atoms with Crippen molar-refractivity contribution in [1.82, 2.24) is 5.32 Å². The Balaban J connectivity index is 0.00000289. The third-order valence-electron chi connectivity index (χ3n) is 3.37. The Kier molecular flexibility index (Phi) is 7.95. The van der Waals surface area contributed by atoms with Crippen molar-refractivity contribution in [2.75, 3.05) is 13.7 Å². The standard InChI is InChI=1S/C12H22N2O3.ClH/c1-8(12(16)17-2)7-14-11(15)6-9-4-3-5-10(9)13;/h8-10H,3-7,13H2,1-2H3,(H,14,15);1H/t8?,9-,10+;/m0./s1. The quantitative estimate of drug-likeness (QED) is 0.731. The highest BCUT2D eigenvalue weighted by molar-refractivity contribution is 5.85. The first kappa shape index (κ1) is 17.2. The molecule has 0 aromatic rings. The van der Waals surface area contributed by atoms with Crippen LogP contribution in [0.3, 0.4) is 0 Å². The maximum absolute atomic E-state index is 11.6. The summed E-state index contributed by atoms with van der Waals surface area (Å²) in [6.45, 7) is 2.06. The van der Waals surface area contributed by atoms with E-state index in [0.717, 1.165) is 19.3 Å². The van der Waals surface area contributed by atoms with E-state index in [1.54, 1.807) is 6.92 Å². The van der Waals surface area contributed by atoms with E-state index in [-0.39, 0.29) is 36.2 Å². The van der Waals surface area contributed by atoms with Crippen LogP contribution in [0.2, 0.25) is 0 Å². The van der Waals surface area contributed by atoms with E-state index in [1.807, 2.05) is 0 Å². The fourth-order valence-electron chi connectivity index (χ4n) is 2.18. The first-order chi connectivity index (χ1) is 8.04. The average Bonchev–Trinajstić information content (AvgIpc) is 2.71. The van der Waals surface area contributed by atoms with Crippen LogP contribution in [0.1, 0.15) is 32.6 Å². The lowest BCUT2D eigenvalue weighted by atomic mass is 10.00. The number of halogens is 1. The van der Waals surface area contributed by atoms with E-state index in [4.69, 9.17) is 5.73 Å². The van der Waals surface area contributed by atoms with Crippen LogP contribution in [-0.2, 0) is 14.3 Å². The number of nitrogens with two attached hydrogens (primary N) is 1. The predicted octanol–water partition coefficient (Wildman–Crippen LogP) is 0.851. The Hall–Kier alpha value is -0.810. The summed E-state index contributed by atoms with van der Waals surface area (Å²) < 4.78 is 4.58. The highest BCUT2D eigenvalue weighted by Gasteiger charge is 2.26. The number of carbonyl (C=O) groups excluding carboxylic acids is 2. The van der Waals surface area contributed by atoms with Crippen LogP contribution in [0.15, 0.2) is 0 Å². The summed E-state index contributed by atoms with van der Waals surface area (Å²) in [7, 11) is 1.35. The summed E-state index contributed by atoms with van der Waals surface area (Å²) in [5.74, 6) is -0.337. The molecule has 1 unspecified atom stereocenters. The van der Waals surface area contributed by atoms with Crippen LogP contribution in [0.5, 0.6) is 0 Å². The number of amides is 1. The van der Waals surface area contributed by atoms with Crippen molar-refractivity contribution in [2.24, 2.45) is 17.6 Å². The Morgan fingerprint density at radius 3 is 2.61 bits per heavy atom. The molecular formula is C12H23ClN2O3. The maximum Gasteiger partial charge on any atom is 0.310 e. The van der Waals surface area contributed by atoms with Crippen LogP contribution in [0.4, 0.5) is 0 Å². The van der Waals surface area contributed by atoms with Gasteiger partial charge in [0.25, 0.3) is 0 Å². The summed E-state index contributed by atoms with van der Waals surface area (Å²) in [5, 5.41) is 2.75. The molecule has 5 nitrogen and oxygen atoms in total. The van der Waals surface area contributed by atoms with Crippen molar-refractivity contribution in [2.45, 2.75) is 38.6 Å². The molecule has 0 heterocycles. The Morgan fingerprint density at radius 2 is 2.11 bits per heavy atom. The smallest absolute Gasteiger partial charge is 0.310 e. The van der Waals surface area contributed by atoms with Gasteiger partial charge in [-0.2, -0.15) is 0 Å². The largest absolute Gasteiger partial charge is 0.469 e. The molecule has 1 rings (SSSR count). The van der Waals surface area contributed by atoms with E-state index in [2.05, 4.69) is 10.1 Å². The molecule has 1 aliphatic carbocycles. The molecule has 0 saturated heterocycles. The van der Waals surface area contributed by atoms with Crippen molar-refractivity contribution in [3.8, 4) is 0 Å². The molecular weight excluding hydrogens is 256 g/mol. The van der Waals surface area contributed by atoms with Gasteiger partial charge in [-0.25, -0.2) is 0 Å². The van der Waals surface area contributed by atoms with Crippen LogP contribution < -0.4 is 11.1 Å². The molecule has 1 amide bonds. The molecule has 0 aliphatic heterocycles. The zero-order valence-electron chi connectivity index (χ0n) is 11.0. The van der Waals surface area contributed by atoms with Crippen molar-refractivity contribution in [3.63, 3.8) is 0 Å². The van der Waals surface area contributed by atoms with E-state index in [9.17, 15) is 9.59 Å². The lowest BCUT2D eigenvalue weighted by molar-refractivity contribution is -0.144. The number of nitrogens with one attached hydrogen (secondary N) is 1. The zero-order chi connectivity index (χ0) is 12.8. The molecule has 6 heteroatoms. The number of carbonyl (C=O) groups is 2. The third kappa shape index (κ3) is 5.23. The molecule has 18 heavy (non-hydrogen) atoms. The van der Waals surface area contributed by atoms with Gasteiger partial charge in [0.05, 0.1) is 13.0 Å². The first-order valence-electron chi connectivity index (χ1n) is 6.14. The van der Waals surface area contributed by atoms with Crippen LogP contribution in [-0.4, -0.2) is 31.6 Å². The lowest BCUT2D eigenvalue weighted by Crippen LogP contribution is -2.35. The van der Waals surface area contributed by atoms with Gasteiger partial charge in [0.1, 0.15) is 0 Å². The fraction of sp³-hybridized carbons (Fsp3) is 0.833. The van der Waals surface area contributed by atoms with Gasteiger partial charge in [-0.1, -0.05) is 13.3 Å². The van der Waals surface area contributed by atoms with Gasteiger partial charge in [0, 0.05) is 19.0 Å².